The number of benzene rings is 1. The molecule has 1 aliphatic carbocycles. The summed E-state index contributed by atoms with van der Waals surface area (Å²) in [6.45, 7) is 0. The number of nitrogens with one attached hydrogen (secondary N) is 2. The molecule has 0 unspecified atom stereocenters. The molecule has 1 fully saturated rings. The van der Waals surface area contributed by atoms with Crippen LogP contribution in [-0.4, -0.2) is 25.2 Å². The maximum Gasteiger partial charge on any atom is 0.391 e. The lowest BCUT2D eigenvalue weighted by Gasteiger charge is -2.30. The Balaban J connectivity index is 2.00. The summed E-state index contributed by atoms with van der Waals surface area (Å²) in [6.07, 6.45) is -3.81. The molecule has 0 spiro atoms. The Morgan fingerprint density at radius 3 is 2.35 bits per heavy atom. The Bertz CT molecular complexity index is 581. The van der Waals surface area contributed by atoms with Crippen LogP contribution in [0.25, 0.3) is 0 Å². The van der Waals surface area contributed by atoms with E-state index < -0.39 is 23.8 Å². The fourth-order valence-corrected chi connectivity index (χ4v) is 2.81. The number of amides is 1. The first-order valence-corrected chi connectivity index (χ1v) is 7.36. The highest BCUT2D eigenvalue weighted by molar-refractivity contribution is 5.96. The van der Waals surface area contributed by atoms with Crippen molar-refractivity contribution in [1.29, 1.82) is 0 Å². The maximum absolute atomic E-state index is 13.9. The van der Waals surface area contributed by atoms with E-state index in [0.29, 0.717) is 5.69 Å². The summed E-state index contributed by atoms with van der Waals surface area (Å²) in [7, 11) is 1.57. The molecule has 2 rings (SSSR count). The molecule has 0 radical (unpaired) electrons. The Labute approximate surface area is 131 Å². The zero-order chi connectivity index (χ0) is 17.2. The first-order chi connectivity index (χ1) is 10.7. The molecule has 1 aromatic carbocycles. The van der Waals surface area contributed by atoms with Gasteiger partial charge in [-0.05, 0) is 37.8 Å². The standard InChI is InChI=1S/C15H19F4N3O/c1-21-13-7-11(16)10(6-12(13)20)14(23)22-9-4-2-8(3-5-9)15(17,18)19/h6-9,21H,2-5,20H2,1H3,(H,22,23). The average Bonchev–Trinajstić information content (AvgIpc) is 2.48. The molecule has 1 aliphatic rings. The van der Waals surface area contributed by atoms with Crippen molar-refractivity contribution in [2.75, 3.05) is 18.1 Å². The molecule has 8 heteroatoms. The summed E-state index contributed by atoms with van der Waals surface area (Å²) < 4.78 is 51.8. The predicted octanol–water partition coefficient (Wildman–Crippen LogP) is 3.30. The van der Waals surface area contributed by atoms with Crippen molar-refractivity contribution in [3.63, 3.8) is 0 Å². The lowest BCUT2D eigenvalue weighted by Crippen LogP contribution is -2.40. The monoisotopic (exact) mass is 333 g/mol. The number of nitrogens with two attached hydrogens (primary N) is 1. The third kappa shape index (κ3) is 4.05. The summed E-state index contributed by atoms with van der Waals surface area (Å²) in [5, 5.41) is 5.29. The van der Waals surface area contributed by atoms with E-state index in [9.17, 15) is 22.4 Å². The normalized spacial score (nSPS) is 21.8. The molecule has 1 saturated carbocycles. The predicted molar refractivity (Wildman–Crippen MR) is 79.6 cm³/mol. The van der Waals surface area contributed by atoms with Crippen LogP contribution in [0.3, 0.4) is 0 Å². The van der Waals surface area contributed by atoms with Gasteiger partial charge in [0.2, 0.25) is 0 Å². The summed E-state index contributed by atoms with van der Waals surface area (Å²) in [5.41, 5.74) is 6.08. The number of hydrogen-bond donors (Lipinski definition) is 3. The zero-order valence-electron chi connectivity index (χ0n) is 12.6. The maximum atomic E-state index is 13.9. The number of alkyl halides is 3. The topological polar surface area (TPSA) is 67.2 Å². The Morgan fingerprint density at radius 1 is 1.22 bits per heavy atom. The SMILES string of the molecule is CNc1cc(F)c(C(=O)NC2CCC(C(F)(F)F)CC2)cc1N. The van der Waals surface area contributed by atoms with Crippen molar-refractivity contribution in [2.24, 2.45) is 5.92 Å². The van der Waals surface area contributed by atoms with Gasteiger partial charge in [-0.3, -0.25) is 4.79 Å². The fraction of sp³-hybridized carbons (Fsp3) is 0.533. The lowest BCUT2D eigenvalue weighted by atomic mass is 9.85. The van der Waals surface area contributed by atoms with Crippen molar-refractivity contribution < 1.29 is 22.4 Å². The first-order valence-electron chi connectivity index (χ1n) is 7.36. The van der Waals surface area contributed by atoms with E-state index in [-0.39, 0.29) is 43.0 Å². The van der Waals surface area contributed by atoms with Crippen LogP contribution in [0.15, 0.2) is 12.1 Å². The molecule has 128 valence electrons. The van der Waals surface area contributed by atoms with Gasteiger partial charge in [0, 0.05) is 13.1 Å². The largest absolute Gasteiger partial charge is 0.397 e. The van der Waals surface area contributed by atoms with Gasteiger partial charge in [0.05, 0.1) is 22.9 Å². The van der Waals surface area contributed by atoms with E-state index >= 15 is 0 Å². The Kier molecular flexibility index (Phi) is 5.01. The van der Waals surface area contributed by atoms with Gasteiger partial charge < -0.3 is 16.4 Å². The van der Waals surface area contributed by atoms with Gasteiger partial charge in [0.15, 0.2) is 0 Å². The van der Waals surface area contributed by atoms with Crippen molar-refractivity contribution >= 4 is 17.3 Å². The highest BCUT2D eigenvalue weighted by Crippen LogP contribution is 2.37. The van der Waals surface area contributed by atoms with E-state index in [1.54, 1.807) is 7.05 Å². The van der Waals surface area contributed by atoms with Crippen LogP contribution in [-0.2, 0) is 0 Å². The van der Waals surface area contributed by atoms with Gasteiger partial charge in [-0.25, -0.2) is 4.39 Å². The second-order valence-corrected chi connectivity index (χ2v) is 5.73. The number of hydrogen-bond acceptors (Lipinski definition) is 3. The highest BCUT2D eigenvalue weighted by atomic mass is 19.4. The summed E-state index contributed by atoms with van der Waals surface area (Å²) in [5.74, 6) is -2.71. The molecule has 0 bridgehead atoms. The van der Waals surface area contributed by atoms with Gasteiger partial charge in [-0.2, -0.15) is 13.2 Å². The summed E-state index contributed by atoms with van der Waals surface area (Å²) in [4.78, 5) is 12.1. The number of carbonyl (C=O) groups excluding carboxylic acids is 1. The fourth-order valence-electron chi connectivity index (χ4n) is 2.81. The third-order valence-corrected chi connectivity index (χ3v) is 4.18. The Hall–Kier alpha value is -1.99. The first kappa shape index (κ1) is 17.4. The average molecular weight is 333 g/mol. The van der Waals surface area contributed by atoms with E-state index in [1.807, 2.05) is 0 Å². The minimum absolute atomic E-state index is 0.0300. The molecule has 0 aliphatic heterocycles. The van der Waals surface area contributed by atoms with Crippen molar-refractivity contribution in [3.05, 3.63) is 23.5 Å². The number of nitrogen functional groups attached to an aromatic ring is 1. The van der Waals surface area contributed by atoms with Crippen LogP contribution < -0.4 is 16.4 Å². The molecule has 0 heterocycles. The minimum Gasteiger partial charge on any atom is -0.397 e. The third-order valence-electron chi connectivity index (χ3n) is 4.18. The molecule has 4 nitrogen and oxygen atoms in total. The summed E-state index contributed by atoms with van der Waals surface area (Å²) in [6, 6.07) is 1.95. The molecule has 4 N–H and O–H groups in total. The van der Waals surface area contributed by atoms with Crippen LogP contribution in [0.1, 0.15) is 36.0 Å². The molecule has 0 aromatic heterocycles. The molecule has 23 heavy (non-hydrogen) atoms. The van der Waals surface area contributed by atoms with Gasteiger partial charge in [-0.15, -0.1) is 0 Å². The lowest BCUT2D eigenvalue weighted by molar-refractivity contribution is -0.182. The molecular weight excluding hydrogens is 314 g/mol. The zero-order valence-corrected chi connectivity index (χ0v) is 12.6. The van der Waals surface area contributed by atoms with Crippen LogP contribution in [0, 0.1) is 11.7 Å². The van der Waals surface area contributed by atoms with E-state index in [0.717, 1.165) is 6.07 Å². The van der Waals surface area contributed by atoms with Crippen LogP contribution in [0.4, 0.5) is 28.9 Å². The smallest absolute Gasteiger partial charge is 0.391 e. The van der Waals surface area contributed by atoms with Crippen LogP contribution in [0.2, 0.25) is 0 Å². The van der Waals surface area contributed by atoms with E-state index in [2.05, 4.69) is 10.6 Å². The van der Waals surface area contributed by atoms with Gasteiger partial charge in [-0.1, -0.05) is 0 Å². The van der Waals surface area contributed by atoms with E-state index in [1.165, 1.54) is 6.07 Å². The second-order valence-electron chi connectivity index (χ2n) is 5.73. The van der Waals surface area contributed by atoms with Gasteiger partial charge in [0.1, 0.15) is 5.82 Å². The second kappa shape index (κ2) is 6.64. The van der Waals surface area contributed by atoms with Gasteiger partial charge >= 0.3 is 6.18 Å². The molecular formula is C15H19F4N3O. The van der Waals surface area contributed by atoms with E-state index in [4.69, 9.17) is 5.73 Å². The number of rotatable bonds is 3. The van der Waals surface area contributed by atoms with Crippen molar-refractivity contribution in [2.45, 2.75) is 37.9 Å². The van der Waals surface area contributed by atoms with Crippen molar-refractivity contribution in [3.8, 4) is 0 Å². The Morgan fingerprint density at radius 2 is 1.83 bits per heavy atom. The highest BCUT2D eigenvalue weighted by Gasteiger charge is 2.41. The molecule has 0 atom stereocenters. The molecule has 1 amide bonds. The van der Waals surface area contributed by atoms with Crippen molar-refractivity contribution in [1.82, 2.24) is 5.32 Å². The van der Waals surface area contributed by atoms with Gasteiger partial charge in [0.25, 0.3) is 5.91 Å². The minimum atomic E-state index is -4.20. The molecule has 1 aromatic rings. The van der Waals surface area contributed by atoms with Crippen LogP contribution >= 0.6 is 0 Å². The summed E-state index contributed by atoms with van der Waals surface area (Å²) >= 11 is 0. The number of halogens is 4. The quantitative estimate of drug-likeness (QED) is 0.587. The van der Waals surface area contributed by atoms with Crippen LogP contribution in [0.5, 0.6) is 0 Å². The number of anilines is 2. The molecule has 0 saturated heterocycles. The number of carbonyl (C=O) groups is 1.